The lowest BCUT2D eigenvalue weighted by atomic mass is 10.2. The van der Waals surface area contributed by atoms with E-state index in [4.69, 9.17) is 9.47 Å². The summed E-state index contributed by atoms with van der Waals surface area (Å²) in [5, 5.41) is 3.41. The SMILES string of the molecule is CN=C(NCC1COCCO1)N1CCSC(C)(C)C1.I. The van der Waals surface area contributed by atoms with E-state index < -0.39 is 0 Å². The van der Waals surface area contributed by atoms with Gasteiger partial charge < -0.3 is 19.7 Å². The Morgan fingerprint density at radius 1 is 1.45 bits per heavy atom. The molecule has 0 bridgehead atoms. The summed E-state index contributed by atoms with van der Waals surface area (Å²) in [5.74, 6) is 2.12. The third-order valence-electron chi connectivity index (χ3n) is 3.31. The summed E-state index contributed by atoms with van der Waals surface area (Å²) in [6.07, 6.45) is 0.137. The molecule has 2 heterocycles. The van der Waals surface area contributed by atoms with Gasteiger partial charge in [-0.05, 0) is 13.8 Å². The first-order valence-electron chi connectivity index (χ1n) is 6.90. The third-order valence-corrected chi connectivity index (χ3v) is 4.61. The maximum absolute atomic E-state index is 5.64. The van der Waals surface area contributed by atoms with E-state index in [1.165, 1.54) is 0 Å². The highest BCUT2D eigenvalue weighted by Gasteiger charge is 2.29. The van der Waals surface area contributed by atoms with Crippen molar-refractivity contribution in [2.24, 2.45) is 4.99 Å². The molecule has 0 amide bonds. The average Bonchev–Trinajstić information content (AvgIpc) is 2.39. The van der Waals surface area contributed by atoms with Crippen molar-refractivity contribution in [2.75, 3.05) is 52.3 Å². The quantitative estimate of drug-likeness (QED) is 0.420. The van der Waals surface area contributed by atoms with Crippen LogP contribution in [0, 0.1) is 0 Å². The molecule has 2 aliphatic heterocycles. The number of hydrogen-bond donors (Lipinski definition) is 1. The molecular formula is C13H26IN3O2S. The molecule has 7 heteroatoms. The van der Waals surface area contributed by atoms with Gasteiger partial charge in [-0.25, -0.2) is 0 Å². The number of halogens is 1. The summed E-state index contributed by atoms with van der Waals surface area (Å²) in [4.78, 5) is 6.72. The fourth-order valence-electron chi connectivity index (χ4n) is 2.39. The average molecular weight is 415 g/mol. The first kappa shape index (κ1) is 18.3. The van der Waals surface area contributed by atoms with Crippen molar-refractivity contribution in [3.05, 3.63) is 0 Å². The highest BCUT2D eigenvalue weighted by Crippen LogP contribution is 2.29. The molecule has 0 saturated carbocycles. The minimum absolute atomic E-state index is 0. The normalized spacial score (nSPS) is 26.9. The van der Waals surface area contributed by atoms with Crippen LogP contribution in [0.1, 0.15) is 13.8 Å². The number of hydrogen-bond acceptors (Lipinski definition) is 4. The van der Waals surface area contributed by atoms with Crippen LogP contribution in [0.4, 0.5) is 0 Å². The van der Waals surface area contributed by atoms with Crippen LogP contribution in [0.25, 0.3) is 0 Å². The van der Waals surface area contributed by atoms with Crippen LogP contribution in [0.15, 0.2) is 4.99 Å². The smallest absolute Gasteiger partial charge is 0.193 e. The predicted molar refractivity (Wildman–Crippen MR) is 95.4 cm³/mol. The van der Waals surface area contributed by atoms with Gasteiger partial charge in [0.15, 0.2) is 5.96 Å². The highest BCUT2D eigenvalue weighted by molar-refractivity contribution is 14.0. The Balaban J connectivity index is 0.00000200. The van der Waals surface area contributed by atoms with Gasteiger partial charge >= 0.3 is 0 Å². The lowest BCUT2D eigenvalue weighted by Crippen LogP contribution is -2.52. The minimum atomic E-state index is 0. The van der Waals surface area contributed by atoms with E-state index in [2.05, 4.69) is 29.1 Å². The topological polar surface area (TPSA) is 46.1 Å². The Hall–Kier alpha value is 0.270. The molecule has 2 saturated heterocycles. The number of rotatable bonds is 2. The van der Waals surface area contributed by atoms with Gasteiger partial charge in [-0.3, -0.25) is 4.99 Å². The van der Waals surface area contributed by atoms with Crippen molar-refractivity contribution in [3.8, 4) is 0 Å². The Kier molecular flexibility index (Phi) is 7.92. The van der Waals surface area contributed by atoms with Gasteiger partial charge in [0, 0.05) is 37.2 Å². The largest absolute Gasteiger partial charge is 0.376 e. The van der Waals surface area contributed by atoms with Gasteiger partial charge in [0.25, 0.3) is 0 Å². The zero-order valence-electron chi connectivity index (χ0n) is 12.6. The summed E-state index contributed by atoms with van der Waals surface area (Å²) in [6, 6.07) is 0. The van der Waals surface area contributed by atoms with Gasteiger partial charge in [-0.2, -0.15) is 11.8 Å². The summed E-state index contributed by atoms with van der Waals surface area (Å²) in [6.45, 7) is 9.49. The van der Waals surface area contributed by atoms with Crippen LogP contribution in [-0.2, 0) is 9.47 Å². The second-order valence-electron chi connectivity index (χ2n) is 5.53. The van der Waals surface area contributed by atoms with Crippen LogP contribution in [-0.4, -0.2) is 74.0 Å². The molecule has 0 aromatic rings. The van der Waals surface area contributed by atoms with Crippen molar-refractivity contribution in [1.82, 2.24) is 10.2 Å². The van der Waals surface area contributed by atoms with Gasteiger partial charge in [0.05, 0.1) is 25.9 Å². The van der Waals surface area contributed by atoms with Crippen molar-refractivity contribution in [1.29, 1.82) is 0 Å². The van der Waals surface area contributed by atoms with E-state index in [9.17, 15) is 0 Å². The Morgan fingerprint density at radius 3 is 2.85 bits per heavy atom. The molecule has 2 rings (SSSR count). The first-order valence-corrected chi connectivity index (χ1v) is 7.88. The molecule has 2 fully saturated rings. The van der Waals surface area contributed by atoms with E-state index in [0.717, 1.165) is 31.3 Å². The molecule has 118 valence electrons. The molecule has 1 unspecified atom stereocenters. The number of nitrogens with one attached hydrogen (secondary N) is 1. The molecule has 0 aromatic carbocycles. The zero-order chi connectivity index (χ0) is 13.7. The first-order chi connectivity index (χ1) is 9.11. The predicted octanol–water partition coefficient (Wildman–Crippen LogP) is 1.42. The summed E-state index contributed by atoms with van der Waals surface area (Å²) >= 11 is 2.03. The van der Waals surface area contributed by atoms with Crippen molar-refractivity contribution in [2.45, 2.75) is 24.7 Å². The number of nitrogens with zero attached hydrogens (tertiary/aromatic N) is 2. The second-order valence-corrected chi connectivity index (χ2v) is 7.33. The minimum Gasteiger partial charge on any atom is -0.376 e. The molecule has 5 nitrogen and oxygen atoms in total. The zero-order valence-corrected chi connectivity index (χ0v) is 15.7. The Labute approximate surface area is 143 Å². The Morgan fingerprint density at radius 2 is 2.25 bits per heavy atom. The summed E-state index contributed by atoms with van der Waals surface area (Å²) < 4.78 is 11.3. The number of ether oxygens (including phenoxy) is 2. The third kappa shape index (κ3) is 5.57. The van der Waals surface area contributed by atoms with Crippen LogP contribution < -0.4 is 5.32 Å². The van der Waals surface area contributed by atoms with Crippen molar-refractivity contribution < 1.29 is 9.47 Å². The Bertz CT molecular complexity index is 323. The van der Waals surface area contributed by atoms with Gasteiger partial charge in [-0.15, -0.1) is 24.0 Å². The fraction of sp³-hybridized carbons (Fsp3) is 0.923. The van der Waals surface area contributed by atoms with E-state index >= 15 is 0 Å². The molecule has 1 N–H and O–H groups in total. The molecule has 0 aromatic heterocycles. The van der Waals surface area contributed by atoms with E-state index in [1.54, 1.807) is 0 Å². The van der Waals surface area contributed by atoms with Crippen molar-refractivity contribution >= 4 is 41.7 Å². The van der Waals surface area contributed by atoms with Crippen LogP contribution in [0.5, 0.6) is 0 Å². The van der Waals surface area contributed by atoms with Gasteiger partial charge in [-0.1, -0.05) is 0 Å². The summed E-state index contributed by atoms with van der Waals surface area (Å²) in [7, 11) is 1.84. The van der Waals surface area contributed by atoms with E-state index in [0.29, 0.717) is 24.6 Å². The molecule has 0 radical (unpaired) electrons. The number of guanidine groups is 1. The standard InChI is InChI=1S/C13H25N3O2S.HI/c1-13(2)10-16(4-7-19-13)12(14-3)15-8-11-9-17-5-6-18-11;/h11H,4-10H2,1-3H3,(H,14,15);1H. The maximum Gasteiger partial charge on any atom is 0.193 e. The molecule has 1 atom stereocenters. The molecule has 0 spiro atoms. The van der Waals surface area contributed by atoms with Crippen LogP contribution in [0.2, 0.25) is 0 Å². The van der Waals surface area contributed by atoms with Gasteiger partial charge in [0.2, 0.25) is 0 Å². The lowest BCUT2D eigenvalue weighted by Gasteiger charge is -2.39. The number of thioether (sulfide) groups is 1. The molecular weight excluding hydrogens is 389 g/mol. The van der Waals surface area contributed by atoms with Crippen molar-refractivity contribution in [3.63, 3.8) is 0 Å². The molecule has 2 aliphatic rings. The highest BCUT2D eigenvalue weighted by atomic mass is 127. The van der Waals surface area contributed by atoms with Gasteiger partial charge in [0.1, 0.15) is 0 Å². The number of aliphatic imine (C=N–C) groups is 1. The summed E-state index contributed by atoms with van der Waals surface area (Å²) in [5.41, 5.74) is 0. The molecule has 0 aliphatic carbocycles. The van der Waals surface area contributed by atoms with E-state index in [1.807, 2.05) is 18.8 Å². The molecule has 20 heavy (non-hydrogen) atoms. The van der Waals surface area contributed by atoms with Crippen LogP contribution >= 0.6 is 35.7 Å². The van der Waals surface area contributed by atoms with E-state index in [-0.39, 0.29) is 30.1 Å². The van der Waals surface area contributed by atoms with Crippen LogP contribution in [0.3, 0.4) is 0 Å². The second kappa shape index (κ2) is 8.65. The fourth-order valence-corrected chi connectivity index (χ4v) is 3.50. The lowest BCUT2D eigenvalue weighted by molar-refractivity contribution is -0.0851. The maximum atomic E-state index is 5.64. The monoisotopic (exact) mass is 415 g/mol.